The summed E-state index contributed by atoms with van der Waals surface area (Å²) in [6.07, 6.45) is 3.72. The SMILES string of the molecule is COC1Cn2c(-c3ccnc(S(C)(=O)=O)n3)c(-c3ccc(F)cc3)c(=O)n2C1.COC[C@H](C)Nc1nccc(-c2c(-c3ccc(F)cc3)c(=O)n3n2CC(OC)C3)n1. The fourth-order valence-electron chi connectivity index (χ4n) is 7.10. The molecule has 6 aromatic rings. The van der Waals surface area contributed by atoms with Crippen molar-refractivity contribution in [2.45, 2.75) is 56.5 Å². The van der Waals surface area contributed by atoms with Crippen molar-refractivity contribution in [3.8, 4) is 45.0 Å². The maximum atomic E-state index is 13.5. The molecular formula is C39H41F2N9O7S. The van der Waals surface area contributed by atoms with Crippen LogP contribution in [0.5, 0.6) is 0 Å². The van der Waals surface area contributed by atoms with E-state index in [1.54, 1.807) is 61.2 Å². The topological polar surface area (TPSA) is 179 Å². The van der Waals surface area contributed by atoms with Crippen molar-refractivity contribution < 1.29 is 31.4 Å². The molecule has 0 radical (unpaired) electrons. The Labute approximate surface area is 331 Å². The lowest BCUT2D eigenvalue weighted by Crippen LogP contribution is -2.22. The quantitative estimate of drug-likeness (QED) is 0.188. The van der Waals surface area contributed by atoms with E-state index < -0.39 is 15.7 Å². The Kier molecular flexibility index (Phi) is 11.5. The van der Waals surface area contributed by atoms with Crippen LogP contribution in [0.25, 0.3) is 45.0 Å². The zero-order valence-electron chi connectivity index (χ0n) is 32.3. The van der Waals surface area contributed by atoms with Gasteiger partial charge in [-0.05, 0) is 54.4 Å². The maximum Gasteiger partial charge on any atom is 0.275 e. The highest BCUT2D eigenvalue weighted by molar-refractivity contribution is 7.90. The lowest BCUT2D eigenvalue weighted by Gasteiger charge is -2.14. The van der Waals surface area contributed by atoms with Crippen LogP contribution in [0.15, 0.2) is 87.8 Å². The van der Waals surface area contributed by atoms with Crippen LogP contribution >= 0.6 is 0 Å². The summed E-state index contributed by atoms with van der Waals surface area (Å²) in [5, 5.41) is 2.87. The van der Waals surface area contributed by atoms with Gasteiger partial charge in [0.05, 0.1) is 78.9 Å². The van der Waals surface area contributed by atoms with Crippen molar-refractivity contribution in [1.82, 2.24) is 38.7 Å². The number of fused-ring (bicyclic) bond motifs is 2. The van der Waals surface area contributed by atoms with Crippen molar-refractivity contribution in [3.63, 3.8) is 0 Å². The second kappa shape index (κ2) is 16.5. The lowest BCUT2D eigenvalue weighted by atomic mass is 10.0. The summed E-state index contributed by atoms with van der Waals surface area (Å²) in [4.78, 5) is 43.3. The highest BCUT2D eigenvalue weighted by Crippen LogP contribution is 2.34. The Morgan fingerprint density at radius 2 is 1.16 bits per heavy atom. The number of benzene rings is 2. The Hall–Kier alpha value is -5.89. The molecule has 0 saturated carbocycles. The summed E-state index contributed by atoms with van der Waals surface area (Å²) in [6, 6.07) is 14.8. The van der Waals surface area contributed by atoms with Gasteiger partial charge in [0.1, 0.15) is 11.6 Å². The molecule has 0 amide bonds. The summed E-state index contributed by atoms with van der Waals surface area (Å²) in [7, 11) is 1.20. The molecule has 304 valence electrons. The summed E-state index contributed by atoms with van der Waals surface area (Å²) >= 11 is 0. The van der Waals surface area contributed by atoms with Gasteiger partial charge in [-0.2, -0.15) is 0 Å². The molecule has 0 saturated heterocycles. The van der Waals surface area contributed by atoms with E-state index >= 15 is 0 Å². The molecule has 2 aromatic carbocycles. The average Bonchev–Trinajstić information content (AvgIpc) is 3.96. The van der Waals surface area contributed by atoms with Gasteiger partial charge in [0.2, 0.25) is 20.9 Å². The summed E-state index contributed by atoms with van der Waals surface area (Å²) < 4.78 is 73.4. The molecule has 3 atom stereocenters. The first-order valence-corrected chi connectivity index (χ1v) is 20.1. The zero-order valence-corrected chi connectivity index (χ0v) is 33.1. The minimum Gasteiger partial charge on any atom is -0.383 e. The van der Waals surface area contributed by atoms with Crippen LogP contribution in [-0.4, -0.2) is 99.5 Å². The monoisotopic (exact) mass is 817 g/mol. The van der Waals surface area contributed by atoms with E-state index in [-0.39, 0.29) is 40.3 Å². The lowest BCUT2D eigenvalue weighted by molar-refractivity contribution is 0.0993. The number of aromatic nitrogens is 8. The number of sulfone groups is 1. The molecule has 0 bridgehead atoms. The molecule has 58 heavy (non-hydrogen) atoms. The largest absolute Gasteiger partial charge is 0.383 e. The molecule has 2 aliphatic rings. The van der Waals surface area contributed by atoms with E-state index in [9.17, 15) is 26.8 Å². The molecule has 0 fully saturated rings. The van der Waals surface area contributed by atoms with Crippen LogP contribution < -0.4 is 16.4 Å². The number of hydrogen-bond donors (Lipinski definition) is 1. The highest BCUT2D eigenvalue weighted by atomic mass is 32.2. The highest BCUT2D eigenvalue weighted by Gasteiger charge is 2.33. The molecule has 2 unspecified atom stereocenters. The summed E-state index contributed by atoms with van der Waals surface area (Å²) in [6.45, 7) is 4.20. The predicted octanol–water partition coefficient (Wildman–Crippen LogP) is 3.73. The molecule has 16 nitrogen and oxygen atoms in total. The maximum absolute atomic E-state index is 13.5. The Bertz CT molecular complexity index is 2680. The third kappa shape index (κ3) is 7.97. The molecule has 0 aliphatic carbocycles. The fraction of sp³-hybridized carbons (Fsp3) is 0.333. The molecule has 19 heteroatoms. The minimum absolute atomic E-state index is 0.0159. The second-order valence-electron chi connectivity index (χ2n) is 13.9. The number of nitrogens with zero attached hydrogens (tertiary/aromatic N) is 8. The molecular weight excluding hydrogens is 777 g/mol. The van der Waals surface area contributed by atoms with E-state index in [1.807, 2.05) is 11.6 Å². The van der Waals surface area contributed by atoms with Crippen LogP contribution in [0, 0.1) is 11.6 Å². The third-order valence-corrected chi connectivity index (χ3v) is 10.7. The number of methoxy groups -OCH3 is 3. The van der Waals surface area contributed by atoms with Gasteiger partial charge < -0.3 is 19.5 Å². The number of ether oxygens (including phenoxy) is 3. The van der Waals surface area contributed by atoms with E-state index in [1.165, 1.54) is 47.3 Å². The molecule has 4 aromatic heterocycles. The van der Waals surface area contributed by atoms with Crippen LogP contribution in [-0.2, 0) is 50.2 Å². The van der Waals surface area contributed by atoms with Crippen LogP contribution in [0.2, 0.25) is 0 Å². The van der Waals surface area contributed by atoms with Gasteiger partial charge in [0.25, 0.3) is 11.1 Å². The Balaban J connectivity index is 0.000000177. The van der Waals surface area contributed by atoms with E-state index in [4.69, 9.17) is 14.2 Å². The van der Waals surface area contributed by atoms with Crippen LogP contribution in [0.4, 0.5) is 14.7 Å². The molecule has 0 spiro atoms. The second-order valence-corrected chi connectivity index (χ2v) is 15.8. The summed E-state index contributed by atoms with van der Waals surface area (Å²) in [5.41, 5.74) is 3.54. The first-order chi connectivity index (χ1) is 27.8. The zero-order chi connectivity index (χ0) is 41.3. The van der Waals surface area contributed by atoms with Crippen molar-refractivity contribution in [2.75, 3.05) is 39.5 Å². The molecule has 1 N–H and O–H groups in total. The van der Waals surface area contributed by atoms with Crippen molar-refractivity contribution in [2.24, 2.45) is 0 Å². The first-order valence-electron chi connectivity index (χ1n) is 18.2. The minimum atomic E-state index is -3.63. The Morgan fingerprint density at radius 1 is 0.707 bits per heavy atom. The molecule has 8 rings (SSSR count). The fourth-order valence-corrected chi connectivity index (χ4v) is 7.62. The number of halogens is 2. The molecule has 6 heterocycles. The molecule has 2 aliphatic heterocycles. The third-order valence-electron chi connectivity index (χ3n) is 9.81. The number of anilines is 1. The Morgan fingerprint density at radius 3 is 1.60 bits per heavy atom. The van der Waals surface area contributed by atoms with Gasteiger partial charge >= 0.3 is 0 Å². The summed E-state index contributed by atoms with van der Waals surface area (Å²) in [5.74, 6) is -0.332. The normalized spacial score (nSPS) is 16.4. The van der Waals surface area contributed by atoms with Gasteiger partial charge in [-0.15, -0.1) is 0 Å². The van der Waals surface area contributed by atoms with E-state index in [0.717, 1.165) is 6.26 Å². The van der Waals surface area contributed by atoms with Crippen molar-refractivity contribution in [3.05, 3.63) is 105 Å². The van der Waals surface area contributed by atoms with Crippen molar-refractivity contribution in [1.29, 1.82) is 0 Å². The van der Waals surface area contributed by atoms with Crippen molar-refractivity contribution >= 4 is 15.8 Å². The average molecular weight is 818 g/mol. The number of nitrogens with one attached hydrogen (secondary N) is 1. The van der Waals surface area contributed by atoms with Crippen LogP contribution in [0.1, 0.15) is 6.92 Å². The van der Waals surface area contributed by atoms with Gasteiger partial charge in [0, 0.05) is 46.0 Å². The van der Waals surface area contributed by atoms with Gasteiger partial charge in [-0.3, -0.25) is 19.0 Å². The van der Waals surface area contributed by atoms with E-state index in [0.29, 0.717) is 83.8 Å². The number of hydrogen-bond acceptors (Lipinski definition) is 12. The van der Waals surface area contributed by atoms with Gasteiger partial charge in [0.15, 0.2) is 0 Å². The standard InChI is InChI=1S/C21H24FN5O3.C18H17FN4O4S/c1-13(12-29-2)24-21-23-9-8-17(25-21)19-18(14-4-6-15(22)7-5-14)20(28)27-11-16(30-3)10-26(19)27;1-27-13-9-22-16(14-7-8-20-18(21-14)28(2,25)26)15(17(24)23(22)10-13)11-3-5-12(19)6-4-11/h4-9,13,16H,10-12H2,1-3H3,(H,23,24,25);3-8,13H,9-10H2,1-2H3/t13-,16?;/m0./s1. The van der Waals surface area contributed by atoms with E-state index in [2.05, 4.69) is 25.3 Å². The first kappa shape index (κ1) is 40.3. The van der Waals surface area contributed by atoms with Gasteiger partial charge in [-0.25, -0.2) is 46.5 Å². The van der Waals surface area contributed by atoms with Crippen LogP contribution in [0.3, 0.4) is 0 Å². The van der Waals surface area contributed by atoms with Gasteiger partial charge in [-0.1, -0.05) is 24.3 Å². The predicted molar refractivity (Wildman–Crippen MR) is 210 cm³/mol. The smallest absolute Gasteiger partial charge is 0.275 e. The number of rotatable bonds is 11.